The zero-order chi connectivity index (χ0) is 17.8. The molecule has 4 saturated carbocycles. The molecule has 0 unspecified atom stereocenters. The van der Waals surface area contributed by atoms with Crippen LogP contribution in [-0.4, -0.2) is 21.9 Å². The third kappa shape index (κ3) is 3.27. The first-order chi connectivity index (χ1) is 11.8. The van der Waals surface area contributed by atoms with Crippen LogP contribution in [0.25, 0.3) is 0 Å². The topological polar surface area (TPSA) is 73.1 Å². The van der Waals surface area contributed by atoms with Gasteiger partial charge < -0.3 is 5.73 Å². The Hall–Kier alpha value is -0.880. The van der Waals surface area contributed by atoms with E-state index in [2.05, 4.69) is 4.98 Å². The molecule has 6 heteroatoms. The number of aryl methyl sites for hydroxylation is 1. The number of Topliss-reactive ketones (excluding diaryl/α,β-unsaturated/α-hetero) is 1. The summed E-state index contributed by atoms with van der Waals surface area (Å²) in [6.07, 6.45) is 7.66. The van der Waals surface area contributed by atoms with Gasteiger partial charge in [-0.15, -0.1) is 11.3 Å². The molecule has 4 bridgehead atoms. The summed E-state index contributed by atoms with van der Waals surface area (Å²) in [6.45, 7) is 3.94. The summed E-state index contributed by atoms with van der Waals surface area (Å²) >= 11 is 3.08. The normalized spacial score (nSPS) is 34.2. The van der Waals surface area contributed by atoms with E-state index < -0.39 is 0 Å². The van der Waals surface area contributed by atoms with Gasteiger partial charge in [-0.25, -0.2) is 4.98 Å². The molecule has 1 aromatic rings. The standard InChI is InChI=1S/C19H26N2O2S2/c1-10-15(6-16(20)22)25-18(21-10)24-11(2)17(23)19-7-12-3-13(8-19)5-14(4-12)9-19/h11-14H,3-9H2,1-2H3,(H2,20,22)/t11-,12?,13?,14?,19?/m1/s1. The second-order valence-electron chi connectivity index (χ2n) is 8.45. The molecule has 4 nitrogen and oxygen atoms in total. The van der Waals surface area contributed by atoms with Crippen molar-refractivity contribution in [1.82, 2.24) is 4.98 Å². The molecule has 0 aromatic carbocycles. The first-order valence-corrected chi connectivity index (χ1v) is 11.0. The number of hydrogen-bond acceptors (Lipinski definition) is 5. The summed E-state index contributed by atoms with van der Waals surface area (Å²) < 4.78 is 0.888. The Morgan fingerprint density at radius 3 is 2.32 bits per heavy atom. The highest BCUT2D eigenvalue weighted by Gasteiger charge is 2.55. The number of nitrogens with two attached hydrogens (primary N) is 1. The van der Waals surface area contributed by atoms with Crippen molar-refractivity contribution in [2.24, 2.45) is 28.9 Å². The molecule has 0 radical (unpaired) electrons. The maximum Gasteiger partial charge on any atom is 0.222 e. The first-order valence-electron chi connectivity index (χ1n) is 9.30. The van der Waals surface area contributed by atoms with Crippen LogP contribution in [0.2, 0.25) is 0 Å². The smallest absolute Gasteiger partial charge is 0.222 e. The molecule has 1 aromatic heterocycles. The van der Waals surface area contributed by atoms with Crippen LogP contribution in [-0.2, 0) is 16.0 Å². The molecule has 2 N–H and O–H groups in total. The number of aromatic nitrogens is 1. The summed E-state index contributed by atoms with van der Waals surface area (Å²) in [7, 11) is 0. The molecule has 4 fully saturated rings. The monoisotopic (exact) mass is 378 g/mol. The Kier molecular flexibility index (Phi) is 4.47. The predicted molar refractivity (Wildman–Crippen MR) is 101 cm³/mol. The fourth-order valence-electron chi connectivity index (χ4n) is 5.82. The molecular formula is C19H26N2O2S2. The van der Waals surface area contributed by atoms with Gasteiger partial charge in [-0.05, 0) is 70.1 Å². The van der Waals surface area contributed by atoms with Gasteiger partial charge in [-0.2, -0.15) is 0 Å². The largest absolute Gasteiger partial charge is 0.369 e. The van der Waals surface area contributed by atoms with E-state index in [0.717, 1.165) is 51.9 Å². The van der Waals surface area contributed by atoms with Crippen molar-refractivity contribution in [2.75, 3.05) is 0 Å². The van der Waals surface area contributed by atoms with E-state index in [9.17, 15) is 9.59 Å². The predicted octanol–water partition coefficient (Wildman–Crippen LogP) is 3.75. The van der Waals surface area contributed by atoms with Crippen molar-refractivity contribution >= 4 is 34.8 Å². The number of rotatable bonds is 6. The van der Waals surface area contributed by atoms with Gasteiger partial charge in [0.25, 0.3) is 0 Å². The van der Waals surface area contributed by atoms with Crippen molar-refractivity contribution in [1.29, 1.82) is 0 Å². The van der Waals surface area contributed by atoms with Crippen molar-refractivity contribution in [2.45, 2.75) is 68.4 Å². The van der Waals surface area contributed by atoms with Gasteiger partial charge in [0.1, 0.15) is 0 Å². The molecule has 1 amide bonds. The van der Waals surface area contributed by atoms with Crippen molar-refractivity contribution < 1.29 is 9.59 Å². The summed E-state index contributed by atoms with van der Waals surface area (Å²) in [6, 6.07) is 0. The quantitative estimate of drug-likeness (QED) is 0.765. The number of thioether (sulfide) groups is 1. The van der Waals surface area contributed by atoms with Gasteiger partial charge >= 0.3 is 0 Å². The molecule has 25 heavy (non-hydrogen) atoms. The zero-order valence-electron chi connectivity index (χ0n) is 14.9. The van der Waals surface area contributed by atoms with E-state index in [1.165, 1.54) is 30.6 Å². The second-order valence-corrected chi connectivity index (χ2v) is 11.1. The van der Waals surface area contributed by atoms with Crippen LogP contribution < -0.4 is 5.73 Å². The van der Waals surface area contributed by atoms with Crippen LogP contribution in [0.15, 0.2) is 4.34 Å². The second kappa shape index (κ2) is 6.38. The summed E-state index contributed by atoms with van der Waals surface area (Å²) in [5, 5.41) is -0.0665. The van der Waals surface area contributed by atoms with Crippen LogP contribution in [0.3, 0.4) is 0 Å². The molecule has 0 aliphatic heterocycles. The minimum Gasteiger partial charge on any atom is -0.369 e. The number of hydrogen-bond donors (Lipinski definition) is 1. The number of thiazole rings is 1. The number of primary amides is 1. The number of carbonyl (C=O) groups is 2. The summed E-state index contributed by atoms with van der Waals surface area (Å²) in [5.41, 5.74) is 6.11. The highest BCUT2D eigenvalue weighted by atomic mass is 32.2. The Bertz CT molecular complexity index is 677. The average molecular weight is 379 g/mol. The van der Waals surface area contributed by atoms with Gasteiger partial charge in [0.05, 0.1) is 17.4 Å². The third-order valence-corrected chi connectivity index (χ3v) is 8.77. The van der Waals surface area contributed by atoms with Crippen molar-refractivity contribution in [3.63, 3.8) is 0 Å². The third-order valence-electron chi connectivity index (χ3n) is 6.42. The van der Waals surface area contributed by atoms with Crippen LogP contribution in [0, 0.1) is 30.1 Å². The van der Waals surface area contributed by atoms with Gasteiger partial charge in [0.2, 0.25) is 5.91 Å². The number of carbonyl (C=O) groups excluding carboxylic acids is 2. The van der Waals surface area contributed by atoms with E-state index in [0.29, 0.717) is 5.78 Å². The molecule has 136 valence electrons. The van der Waals surface area contributed by atoms with Crippen molar-refractivity contribution in [3.05, 3.63) is 10.6 Å². The number of amides is 1. The summed E-state index contributed by atoms with van der Waals surface area (Å²) in [5.74, 6) is 2.48. The molecule has 0 saturated heterocycles. The van der Waals surface area contributed by atoms with Crippen LogP contribution in [0.4, 0.5) is 0 Å². The highest BCUT2D eigenvalue weighted by molar-refractivity contribution is 8.02. The molecule has 4 aliphatic carbocycles. The number of ketones is 1. The Balaban J connectivity index is 1.47. The molecule has 5 rings (SSSR count). The Morgan fingerprint density at radius 2 is 1.80 bits per heavy atom. The molecule has 4 aliphatic rings. The zero-order valence-corrected chi connectivity index (χ0v) is 16.5. The van der Waals surface area contributed by atoms with E-state index in [1.54, 1.807) is 11.8 Å². The van der Waals surface area contributed by atoms with E-state index in [-0.39, 0.29) is 23.0 Å². The maximum atomic E-state index is 13.4. The minimum absolute atomic E-state index is 0.0521. The maximum absolute atomic E-state index is 13.4. The van der Waals surface area contributed by atoms with Crippen molar-refractivity contribution in [3.8, 4) is 0 Å². The van der Waals surface area contributed by atoms with Crippen LogP contribution >= 0.6 is 23.1 Å². The highest BCUT2D eigenvalue weighted by Crippen LogP contribution is 2.61. The van der Waals surface area contributed by atoms with E-state index >= 15 is 0 Å². The molecule has 1 atom stereocenters. The fraction of sp³-hybridized carbons (Fsp3) is 0.737. The summed E-state index contributed by atoms with van der Waals surface area (Å²) in [4.78, 5) is 30.0. The lowest BCUT2D eigenvalue weighted by molar-refractivity contribution is -0.143. The van der Waals surface area contributed by atoms with Crippen LogP contribution in [0.1, 0.15) is 56.0 Å². The van der Waals surface area contributed by atoms with Gasteiger partial charge in [0.15, 0.2) is 10.1 Å². The fourth-order valence-corrected chi connectivity index (χ4v) is 8.40. The van der Waals surface area contributed by atoms with Gasteiger partial charge in [-0.3, -0.25) is 9.59 Å². The molecule has 1 heterocycles. The van der Waals surface area contributed by atoms with E-state index in [4.69, 9.17) is 5.73 Å². The molecular weight excluding hydrogens is 352 g/mol. The SMILES string of the molecule is Cc1nc(S[C@H](C)C(=O)C23CC4CC(CC(C4)C2)C3)sc1CC(N)=O. The first kappa shape index (κ1) is 17.5. The molecule has 0 spiro atoms. The number of nitrogens with zero attached hydrogens (tertiary/aromatic N) is 1. The van der Waals surface area contributed by atoms with Crippen LogP contribution in [0.5, 0.6) is 0 Å². The minimum atomic E-state index is -0.332. The van der Waals surface area contributed by atoms with Gasteiger partial charge in [-0.1, -0.05) is 11.8 Å². The van der Waals surface area contributed by atoms with E-state index in [1.807, 2.05) is 13.8 Å². The Labute approximate surface area is 157 Å². The Morgan fingerprint density at radius 1 is 1.24 bits per heavy atom. The lowest BCUT2D eigenvalue weighted by atomic mass is 9.48. The van der Waals surface area contributed by atoms with Gasteiger partial charge in [0, 0.05) is 10.3 Å². The lowest BCUT2D eigenvalue weighted by Crippen LogP contribution is -2.51. The lowest BCUT2D eigenvalue weighted by Gasteiger charge is -2.56. The average Bonchev–Trinajstić information content (AvgIpc) is 2.83.